The lowest BCUT2D eigenvalue weighted by Crippen LogP contribution is -2.50. The van der Waals surface area contributed by atoms with Crippen molar-refractivity contribution in [1.29, 1.82) is 0 Å². The van der Waals surface area contributed by atoms with Gasteiger partial charge in [0.15, 0.2) is 12.1 Å². The third kappa shape index (κ3) is 40.7. The van der Waals surface area contributed by atoms with Crippen molar-refractivity contribution in [2.24, 2.45) is 0 Å². The predicted molar refractivity (Wildman–Crippen MR) is 248 cm³/mol. The monoisotopic (exact) mass is 833 g/mol. The molecule has 0 amide bonds. The summed E-state index contributed by atoms with van der Waals surface area (Å²) >= 11 is 0. The van der Waals surface area contributed by atoms with Crippen LogP contribution in [0.25, 0.3) is 0 Å². The van der Waals surface area contributed by atoms with Gasteiger partial charge in [-0.25, -0.2) is 4.79 Å². The second-order valence-electron chi connectivity index (χ2n) is 17.8. The molecule has 0 aliphatic rings. The molecule has 0 bridgehead atoms. The zero-order valence-electron chi connectivity index (χ0n) is 39.2. The Bertz CT molecular complexity index is 1060. The van der Waals surface area contributed by atoms with Crippen molar-refractivity contribution >= 4 is 17.9 Å². The molecule has 0 saturated heterocycles. The largest absolute Gasteiger partial charge is 0.477 e. The van der Waals surface area contributed by atoms with Crippen molar-refractivity contribution in [3.63, 3.8) is 0 Å². The number of nitrogens with zero attached hydrogens (tertiary/aromatic N) is 1. The minimum atomic E-state index is -0.876. The van der Waals surface area contributed by atoms with E-state index in [2.05, 4.69) is 50.3 Å². The first-order chi connectivity index (χ1) is 28.6. The zero-order valence-corrected chi connectivity index (χ0v) is 39.2. The van der Waals surface area contributed by atoms with Crippen LogP contribution in [0.4, 0.5) is 0 Å². The fraction of sp³-hybridized carbons (Fsp3) is 0.824. The molecule has 344 valence electrons. The molecule has 1 N–H and O–H groups in total. The summed E-state index contributed by atoms with van der Waals surface area (Å²) in [5, 5.41) is 9.64. The number of ether oxygens (including phenoxy) is 3. The Labute approximate surface area is 364 Å². The van der Waals surface area contributed by atoms with Gasteiger partial charge in [-0.1, -0.05) is 198 Å². The van der Waals surface area contributed by atoms with Crippen molar-refractivity contribution in [2.45, 2.75) is 231 Å². The quantitative estimate of drug-likeness (QED) is 0.0282. The highest BCUT2D eigenvalue weighted by Gasteiger charge is 2.31. The third-order valence-corrected chi connectivity index (χ3v) is 11.1. The average molecular weight is 833 g/mol. The van der Waals surface area contributed by atoms with E-state index in [0.29, 0.717) is 19.3 Å². The van der Waals surface area contributed by atoms with E-state index >= 15 is 0 Å². The van der Waals surface area contributed by atoms with Gasteiger partial charge in [-0.2, -0.15) is 0 Å². The smallest absolute Gasteiger partial charge is 0.362 e. The number of rotatable bonds is 44. The SMILES string of the molecule is CCCCCCC/C=C/C=C/C=C/CCCCCCCC(=O)OCC(COCCC(C(=O)O)[N+](C)(C)C)OC(=O)CCCCCCCCCCCCCCCCCCC. The molecular formula is C51H94NO7+. The number of carboxylic acid groups (broad SMARTS) is 1. The highest BCUT2D eigenvalue weighted by Crippen LogP contribution is 2.16. The van der Waals surface area contributed by atoms with Gasteiger partial charge in [0.1, 0.15) is 6.61 Å². The van der Waals surface area contributed by atoms with Crippen LogP contribution in [0, 0.1) is 0 Å². The Hall–Kier alpha value is -2.45. The van der Waals surface area contributed by atoms with E-state index in [0.717, 1.165) is 64.2 Å². The number of esters is 2. The molecule has 0 spiro atoms. The van der Waals surface area contributed by atoms with E-state index in [4.69, 9.17) is 14.2 Å². The van der Waals surface area contributed by atoms with Crippen LogP contribution in [0.3, 0.4) is 0 Å². The van der Waals surface area contributed by atoms with Crippen molar-refractivity contribution in [3.8, 4) is 0 Å². The lowest BCUT2D eigenvalue weighted by atomic mass is 10.0. The van der Waals surface area contributed by atoms with Crippen LogP contribution >= 0.6 is 0 Å². The molecule has 2 unspecified atom stereocenters. The van der Waals surface area contributed by atoms with Crippen LogP contribution in [0.1, 0.15) is 219 Å². The maximum absolute atomic E-state index is 12.8. The molecule has 2 atom stereocenters. The number of allylic oxidation sites excluding steroid dienone is 6. The number of likely N-dealkylation sites (N-methyl/N-ethyl adjacent to an activating group) is 1. The van der Waals surface area contributed by atoms with E-state index < -0.39 is 18.1 Å². The van der Waals surface area contributed by atoms with Gasteiger partial charge in [0.25, 0.3) is 0 Å². The van der Waals surface area contributed by atoms with E-state index in [9.17, 15) is 19.5 Å². The lowest BCUT2D eigenvalue weighted by Gasteiger charge is -2.31. The summed E-state index contributed by atoms with van der Waals surface area (Å²) in [5.41, 5.74) is 0. The van der Waals surface area contributed by atoms with Gasteiger partial charge in [-0.15, -0.1) is 0 Å². The molecule has 0 saturated carbocycles. The van der Waals surface area contributed by atoms with E-state index in [-0.39, 0.29) is 36.2 Å². The zero-order chi connectivity index (χ0) is 43.5. The first kappa shape index (κ1) is 56.5. The number of unbranched alkanes of at least 4 members (excludes halogenated alkanes) is 26. The summed E-state index contributed by atoms with van der Waals surface area (Å²) in [6.07, 6.45) is 49.0. The molecule has 8 heteroatoms. The molecule has 0 rings (SSSR count). The molecule has 0 aromatic rings. The molecule has 59 heavy (non-hydrogen) atoms. The van der Waals surface area contributed by atoms with Crippen LogP contribution in [0.5, 0.6) is 0 Å². The Morgan fingerprint density at radius 3 is 1.31 bits per heavy atom. The first-order valence-corrected chi connectivity index (χ1v) is 24.6. The molecule has 0 heterocycles. The number of aliphatic carboxylic acids is 1. The summed E-state index contributed by atoms with van der Waals surface area (Å²) in [4.78, 5) is 37.1. The number of quaternary nitrogens is 1. The summed E-state index contributed by atoms with van der Waals surface area (Å²) in [6.45, 7) is 4.73. The molecule has 0 aromatic heterocycles. The summed E-state index contributed by atoms with van der Waals surface area (Å²) in [7, 11) is 5.53. The topological polar surface area (TPSA) is 99.1 Å². The van der Waals surface area contributed by atoms with Crippen molar-refractivity contribution in [1.82, 2.24) is 0 Å². The molecule has 0 aliphatic heterocycles. The van der Waals surface area contributed by atoms with E-state index in [1.165, 1.54) is 122 Å². The summed E-state index contributed by atoms with van der Waals surface area (Å²) < 4.78 is 17.3. The highest BCUT2D eigenvalue weighted by molar-refractivity contribution is 5.72. The number of carbonyl (C=O) groups excluding carboxylic acids is 2. The fourth-order valence-electron chi connectivity index (χ4n) is 7.27. The van der Waals surface area contributed by atoms with Gasteiger partial charge in [0.05, 0.1) is 34.4 Å². The van der Waals surface area contributed by atoms with E-state index in [1.807, 2.05) is 21.1 Å². The maximum Gasteiger partial charge on any atom is 0.362 e. The minimum Gasteiger partial charge on any atom is -0.477 e. The molecule has 0 aliphatic carbocycles. The van der Waals surface area contributed by atoms with Gasteiger partial charge in [0, 0.05) is 19.3 Å². The van der Waals surface area contributed by atoms with Crippen LogP contribution in [0.15, 0.2) is 36.5 Å². The number of hydrogen-bond acceptors (Lipinski definition) is 6. The second-order valence-corrected chi connectivity index (χ2v) is 17.8. The van der Waals surface area contributed by atoms with E-state index in [1.54, 1.807) is 0 Å². The van der Waals surface area contributed by atoms with Crippen LogP contribution in [-0.2, 0) is 28.6 Å². The maximum atomic E-state index is 12.8. The Kier molecular flexibility index (Phi) is 40.5. The summed E-state index contributed by atoms with van der Waals surface area (Å²) in [5.74, 6) is -1.48. The van der Waals surface area contributed by atoms with Gasteiger partial charge in [-0.3, -0.25) is 9.59 Å². The lowest BCUT2D eigenvalue weighted by molar-refractivity contribution is -0.887. The highest BCUT2D eigenvalue weighted by atomic mass is 16.6. The number of carboxylic acids is 1. The Morgan fingerprint density at radius 2 is 0.898 bits per heavy atom. The molecule has 8 nitrogen and oxygen atoms in total. The van der Waals surface area contributed by atoms with Crippen LogP contribution < -0.4 is 0 Å². The van der Waals surface area contributed by atoms with Gasteiger partial charge in [0.2, 0.25) is 0 Å². The standard InChI is InChI=1S/C51H93NO7/c1-6-8-10-12-14-16-18-20-22-24-26-27-29-31-33-35-37-39-41-49(53)58-46-47(45-57-44-43-48(51(55)56)52(3,4)5)59-50(54)42-40-38-36-34-32-30-28-25-23-21-19-17-15-13-11-9-7-2/h18,20,22,24,26-27,47-48H,6-17,19,21,23,25,28-46H2,1-5H3/p+1/b20-18+,24-22+,27-26+. The number of hydrogen-bond donors (Lipinski definition) is 1. The Balaban J connectivity index is 4.31. The van der Waals surface area contributed by atoms with Crippen molar-refractivity contribution in [2.75, 3.05) is 41.0 Å². The van der Waals surface area contributed by atoms with Crippen LogP contribution in [-0.4, -0.2) is 80.6 Å². The van der Waals surface area contributed by atoms with Crippen molar-refractivity contribution in [3.05, 3.63) is 36.5 Å². The van der Waals surface area contributed by atoms with Gasteiger partial charge in [-0.05, 0) is 38.5 Å². The molecular weight excluding hydrogens is 739 g/mol. The molecule has 0 radical (unpaired) electrons. The fourth-order valence-corrected chi connectivity index (χ4v) is 7.27. The Morgan fingerprint density at radius 1 is 0.508 bits per heavy atom. The van der Waals surface area contributed by atoms with Gasteiger partial charge < -0.3 is 23.8 Å². The number of carbonyl (C=O) groups is 3. The summed E-state index contributed by atoms with van der Waals surface area (Å²) in [6, 6.07) is -0.616. The predicted octanol–water partition coefficient (Wildman–Crippen LogP) is 13.8. The minimum absolute atomic E-state index is 0.0572. The second kappa shape index (κ2) is 42.2. The van der Waals surface area contributed by atoms with Crippen LogP contribution in [0.2, 0.25) is 0 Å². The first-order valence-electron chi connectivity index (χ1n) is 24.6. The van der Waals surface area contributed by atoms with Crippen molar-refractivity contribution < 1.29 is 38.2 Å². The molecule has 0 aromatic carbocycles. The molecule has 0 fully saturated rings. The average Bonchev–Trinajstić information content (AvgIpc) is 3.19. The third-order valence-electron chi connectivity index (χ3n) is 11.1. The van der Waals surface area contributed by atoms with Gasteiger partial charge >= 0.3 is 17.9 Å². The normalized spacial score (nSPS) is 13.2.